The number of hydrogen-bond donors (Lipinski definition) is 1. The second-order valence-electron chi connectivity index (χ2n) is 5.49. The molecule has 1 aromatic heterocycles. The maximum absolute atomic E-state index is 12.7. The molecule has 1 N–H and O–H groups in total. The standard InChI is InChI=1S/C15H29N3O2S/c1-6-9-18(8-3)21(19,20)15-10-14(11-16-13(4)5)17(7-2)12-15/h10,12-13,16H,6-9,11H2,1-5H3. The first-order valence-corrected chi connectivity index (χ1v) is 9.23. The van der Waals surface area contributed by atoms with Crippen molar-refractivity contribution in [3.8, 4) is 0 Å². The summed E-state index contributed by atoms with van der Waals surface area (Å²) in [6, 6.07) is 2.17. The minimum absolute atomic E-state index is 0.373. The van der Waals surface area contributed by atoms with E-state index in [0.29, 0.717) is 30.6 Å². The predicted octanol–water partition coefficient (Wildman–Crippen LogP) is 2.43. The molecular weight excluding hydrogens is 286 g/mol. The van der Waals surface area contributed by atoms with Crippen molar-refractivity contribution < 1.29 is 8.42 Å². The summed E-state index contributed by atoms with van der Waals surface area (Å²) < 4.78 is 28.9. The van der Waals surface area contributed by atoms with E-state index < -0.39 is 10.0 Å². The van der Waals surface area contributed by atoms with Gasteiger partial charge in [0.2, 0.25) is 10.0 Å². The van der Waals surface area contributed by atoms with Gasteiger partial charge in [-0.2, -0.15) is 4.31 Å². The van der Waals surface area contributed by atoms with Gasteiger partial charge < -0.3 is 9.88 Å². The fourth-order valence-corrected chi connectivity index (χ4v) is 3.87. The Balaban J connectivity index is 3.07. The van der Waals surface area contributed by atoms with Crippen LogP contribution >= 0.6 is 0 Å². The summed E-state index contributed by atoms with van der Waals surface area (Å²) in [5, 5.41) is 3.34. The van der Waals surface area contributed by atoms with Crippen LogP contribution in [-0.4, -0.2) is 36.4 Å². The summed E-state index contributed by atoms with van der Waals surface area (Å²) in [6.07, 6.45) is 2.58. The van der Waals surface area contributed by atoms with Crippen molar-refractivity contribution >= 4 is 10.0 Å². The van der Waals surface area contributed by atoms with Gasteiger partial charge in [0.1, 0.15) is 4.90 Å². The molecule has 1 rings (SSSR count). The van der Waals surface area contributed by atoms with E-state index in [9.17, 15) is 8.42 Å². The Morgan fingerprint density at radius 1 is 1.29 bits per heavy atom. The lowest BCUT2D eigenvalue weighted by Gasteiger charge is -2.18. The fraction of sp³-hybridized carbons (Fsp3) is 0.733. The first kappa shape index (κ1) is 18.2. The SMILES string of the molecule is CCCN(CC)S(=O)(=O)c1cc(CNC(C)C)n(CC)c1. The van der Waals surface area contributed by atoms with Crippen molar-refractivity contribution in [2.45, 2.75) is 65.1 Å². The molecule has 0 atom stereocenters. The largest absolute Gasteiger partial charge is 0.349 e. The predicted molar refractivity (Wildman–Crippen MR) is 86.8 cm³/mol. The molecule has 21 heavy (non-hydrogen) atoms. The zero-order valence-electron chi connectivity index (χ0n) is 13.9. The highest BCUT2D eigenvalue weighted by atomic mass is 32.2. The van der Waals surface area contributed by atoms with Gasteiger partial charge in [-0.15, -0.1) is 0 Å². The van der Waals surface area contributed by atoms with Crippen LogP contribution in [0.2, 0.25) is 0 Å². The molecule has 0 amide bonds. The van der Waals surface area contributed by atoms with Gasteiger partial charge in [-0.25, -0.2) is 8.42 Å². The molecule has 0 unspecified atom stereocenters. The van der Waals surface area contributed by atoms with Crippen molar-refractivity contribution in [3.05, 3.63) is 18.0 Å². The fourth-order valence-electron chi connectivity index (χ4n) is 2.26. The van der Waals surface area contributed by atoms with Crippen LogP contribution in [0.15, 0.2) is 17.2 Å². The van der Waals surface area contributed by atoms with Crippen LogP contribution in [0.3, 0.4) is 0 Å². The summed E-state index contributed by atoms with van der Waals surface area (Å²) in [6.45, 7) is 12.6. The highest BCUT2D eigenvalue weighted by Crippen LogP contribution is 2.19. The number of nitrogens with one attached hydrogen (secondary N) is 1. The normalized spacial score (nSPS) is 12.5. The van der Waals surface area contributed by atoms with E-state index in [0.717, 1.165) is 18.7 Å². The van der Waals surface area contributed by atoms with Crippen LogP contribution in [0, 0.1) is 0 Å². The number of rotatable bonds is 9. The minimum atomic E-state index is -3.38. The lowest BCUT2D eigenvalue weighted by Crippen LogP contribution is -2.31. The molecule has 0 radical (unpaired) electrons. The van der Waals surface area contributed by atoms with Crippen LogP contribution in [0.4, 0.5) is 0 Å². The Kier molecular flexibility index (Phi) is 6.90. The quantitative estimate of drug-likeness (QED) is 0.761. The first-order chi connectivity index (χ1) is 9.86. The summed E-state index contributed by atoms with van der Waals surface area (Å²) in [4.78, 5) is 0.403. The number of aryl methyl sites for hydroxylation is 1. The molecule has 1 heterocycles. The molecule has 0 bridgehead atoms. The highest BCUT2D eigenvalue weighted by Gasteiger charge is 2.24. The van der Waals surface area contributed by atoms with Gasteiger partial charge in [0.05, 0.1) is 0 Å². The number of sulfonamides is 1. The third-order valence-corrected chi connectivity index (χ3v) is 5.40. The van der Waals surface area contributed by atoms with E-state index in [1.54, 1.807) is 16.6 Å². The average molecular weight is 315 g/mol. The van der Waals surface area contributed by atoms with Crippen LogP contribution < -0.4 is 5.32 Å². The van der Waals surface area contributed by atoms with Crippen molar-refractivity contribution in [2.75, 3.05) is 13.1 Å². The zero-order valence-corrected chi connectivity index (χ0v) is 14.7. The minimum Gasteiger partial charge on any atom is -0.349 e. The Labute approximate surface area is 129 Å². The Bertz CT molecular complexity index is 535. The van der Waals surface area contributed by atoms with Gasteiger partial charge in [-0.05, 0) is 19.4 Å². The topological polar surface area (TPSA) is 54.3 Å². The lowest BCUT2D eigenvalue weighted by atomic mass is 10.3. The van der Waals surface area contributed by atoms with E-state index in [1.165, 1.54) is 0 Å². The molecule has 6 heteroatoms. The summed E-state index contributed by atoms with van der Waals surface area (Å²) in [5.74, 6) is 0. The molecule has 0 aliphatic heterocycles. The molecule has 1 aromatic rings. The van der Waals surface area contributed by atoms with E-state index in [-0.39, 0.29) is 0 Å². The second kappa shape index (κ2) is 7.96. The molecule has 0 aromatic carbocycles. The molecule has 0 saturated heterocycles. The van der Waals surface area contributed by atoms with Gasteiger partial charge in [0.15, 0.2) is 0 Å². The number of nitrogens with zero attached hydrogens (tertiary/aromatic N) is 2. The first-order valence-electron chi connectivity index (χ1n) is 7.79. The average Bonchev–Trinajstić information content (AvgIpc) is 2.86. The molecule has 5 nitrogen and oxygen atoms in total. The van der Waals surface area contributed by atoms with Gasteiger partial charge >= 0.3 is 0 Å². The number of aromatic nitrogens is 1. The van der Waals surface area contributed by atoms with E-state index >= 15 is 0 Å². The molecule has 0 saturated carbocycles. The summed E-state index contributed by atoms with van der Waals surface area (Å²) >= 11 is 0. The summed E-state index contributed by atoms with van der Waals surface area (Å²) in [5.41, 5.74) is 1.01. The van der Waals surface area contributed by atoms with Crippen molar-refractivity contribution in [3.63, 3.8) is 0 Å². The van der Waals surface area contributed by atoms with Crippen molar-refractivity contribution in [1.82, 2.24) is 14.2 Å². The van der Waals surface area contributed by atoms with E-state index in [4.69, 9.17) is 0 Å². The second-order valence-corrected chi connectivity index (χ2v) is 7.42. The highest BCUT2D eigenvalue weighted by molar-refractivity contribution is 7.89. The van der Waals surface area contributed by atoms with Crippen molar-refractivity contribution in [1.29, 1.82) is 0 Å². The number of hydrogen-bond acceptors (Lipinski definition) is 3. The third-order valence-electron chi connectivity index (χ3n) is 3.46. The lowest BCUT2D eigenvalue weighted by molar-refractivity contribution is 0.427. The molecule has 0 aliphatic rings. The molecule has 0 aliphatic carbocycles. The van der Waals surface area contributed by atoms with Crippen LogP contribution in [0.5, 0.6) is 0 Å². The molecular formula is C15H29N3O2S. The Morgan fingerprint density at radius 3 is 2.43 bits per heavy atom. The Morgan fingerprint density at radius 2 is 1.95 bits per heavy atom. The van der Waals surface area contributed by atoms with Crippen LogP contribution in [0.1, 0.15) is 46.7 Å². The summed E-state index contributed by atoms with van der Waals surface area (Å²) in [7, 11) is -3.38. The van der Waals surface area contributed by atoms with E-state index in [1.807, 2.05) is 25.3 Å². The van der Waals surface area contributed by atoms with Gasteiger partial charge in [0, 0.05) is 44.1 Å². The van der Waals surface area contributed by atoms with Crippen molar-refractivity contribution in [2.24, 2.45) is 0 Å². The Hall–Kier alpha value is -0.850. The van der Waals surface area contributed by atoms with Gasteiger partial charge in [-0.3, -0.25) is 0 Å². The van der Waals surface area contributed by atoms with Gasteiger partial charge in [0.25, 0.3) is 0 Å². The third kappa shape index (κ3) is 4.56. The van der Waals surface area contributed by atoms with Crippen LogP contribution in [0.25, 0.3) is 0 Å². The van der Waals surface area contributed by atoms with E-state index in [2.05, 4.69) is 19.2 Å². The van der Waals surface area contributed by atoms with Gasteiger partial charge in [-0.1, -0.05) is 27.7 Å². The maximum Gasteiger partial charge on any atom is 0.244 e. The maximum atomic E-state index is 12.7. The monoisotopic (exact) mass is 315 g/mol. The van der Waals surface area contributed by atoms with Crippen LogP contribution in [-0.2, 0) is 23.1 Å². The zero-order chi connectivity index (χ0) is 16.0. The molecule has 0 spiro atoms. The molecule has 0 fully saturated rings. The molecule has 122 valence electrons. The smallest absolute Gasteiger partial charge is 0.244 e.